The van der Waals surface area contributed by atoms with Gasteiger partial charge in [0.2, 0.25) is 5.91 Å². The SMILES string of the molecule is C=CC(=O)Nc1cc2c(Nc3cccc(Br)c3)ncnc2cc1OCC1CCN(C)CC1. The standard InChI is InChI=1S/C24H26BrN5O2/c1-3-23(31)29-21-12-19-20(13-22(21)32-14-16-7-9-30(2)10-8-16)26-15-27-24(19)28-18-6-4-5-17(25)11-18/h3-6,11-13,15-16H,1,7-10,14H2,2H3,(H,29,31)(H,26,27,28). The Kier molecular flexibility index (Phi) is 7.02. The number of hydrogen-bond acceptors (Lipinski definition) is 6. The normalized spacial score (nSPS) is 14.8. The Morgan fingerprint density at radius 1 is 1.28 bits per heavy atom. The summed E-state index contributed by atoms with van der Waals surface area (Å²) in [5, 5.41) is 6.97. The molecule has 8 heteroatoms. The Labute approximate surface area is 196 Å². The fourth-order valence-electron chi connectivity index (χ4n) is 3.72. The largest absolute Gasteiger partial charge is 0.491 e. The third kappa shape index (κ3) is 5.44. The van der Waals surface area contributed by atoms with Crippen molar-refractivity contribution in [1.82, 2.24) is 14.9 Å². The molecular weight excluding hydrogens is 470 g/mol. The van der Waals surface area contributed by atoms with E-state index in [0.717, 1.165) is 47.0 Å². The first kappa shape index (κ1) is 22.2. The maximum Gasteiger partial charge on any atom is 0.247 e. The van der Waals surface area contributed by atoms with E-state index in [1.54, 1.807) is 0 Å². The molecule has 0 bridgehead atoms. The highest BCUT2D eigenvalue weighted by molar-refractivity contribution is 9.10. The van der Waals surface area contributed by atoms with Crippen molar-refractivity contribution in [2.75, 3.05) is 37.4 Å². The van der Waals surface area contributed by atoms with Gasteiger partial charge < -0.3 is 20.3 Å². The average molecular weight is 496 g/mol. The van der Waals surface area contributed by atoms with Gasteiger partial charge in [0, 0.05) is 21.6 Å². The molecule has 2 aromatic carbocycles. The van der Waals surface area contributed by atoms with E-state index < -0.39 is 0 Å². The molecule has 1 aliphatic heterocycles. The highest BCUT2D eigenvalue weighted by Gasteiger charge is 2.19. The molecule has 32 heavy (non-hydrogen) atoms. The van der Waals surface area contributed by atoms with Crippen LogP contribution in [-0.4, -0.2) is 47.5 Å². The first-order valence-corrected chi connectivity index (χ1v) is 11.4. The number of anilines is 3. The van der Waals surface area contributed by atoms with Gasteiger partial charge in [0.25, 0.3) is 0 Å². The molecule has 0 spiro atoms. The lowest BCUT2D eigenvalue weighted by Gasteiger charge is -2.29. The van der Waals surface area contributed by atoms with Gasteiger partial charge in [-0.05, 0) is 69.2 Å². The van der Waals surface area contributed by atoms with Crippen molar-refractivity contribution >= 4 is 49.9 Å². The molecule has 0 radical (unpaired) electrons. The van der Waals surface area contributed by atoms with E-state index in [2.05, 4.69) is 55.1 Å². The van der Waals surface area contributed by atoms with E-state index in [1.807, 2.05) is 36.4 Å². The number of amides is 1. The smallest absolute Gasteiger partial charge is 0.247 e. The van der Waals surface area contributed by atoms with Crippen molar-refractivity contribution in [3.63, 3.8) is 0 Å². The number of nitrogens with one attached hydrogen (secondary N) is 2. The van der Waals surface area contributed by atoms with Crippen LogP contribution in [0.15, 0.2) is 59.9 Å². The third-order valence-corrected chi connectivity index (χ3v) is 6.07. The quantitative estimate of drug-likeness (QED) is 0.450. The van der Waals surface area contributed by atoms with Gasteiger partial charge in [-0.25, -0.2) is 9.97 Å². The van der Waals surface area contributed by atoms with Crippen LogP contribution in [-0.2, 0) is 4.79 Å². The number of benzene rings is 2. The predicted octanol–water partition coefficient (Wildman–Crippen LogP) is 4.98. The van der Waals surface area contributed by atoms with Crippen LogP contribution in [0.25, 0.3) is 10.9 Å². The predicted molar refractivity (Wildman–Crippen MR) is 132 cm³/mol. The van der Waals surface area contributed by atoms with Gasteiger partial charge in [-0.15, -0.1) is 0 Å². The maximum atomic E-state index is 12.1. The lowest BCUT2D eigenvalue weighted by Crippen LogP contribution is -2.32. The summed E-state index contributed by atoms with van der Waals surface area (Å²) in [6, 6.07) is 11.5. The van der Waals surface area contributed by atoms with E-state index >= 15 is 0 Å². The molecule has 0 aliphatic carbocycles. The topological polar surface area (TPSA) is 79.4 Å². The fourth-order valence-corrected chi connectivity index (χ4v) is 4.12. The Bertz CT molecular complexity index is 1130. The van der Waals surface area contributed by atoms with Crippen molar-refractivity contribution in [3.8, 4) is 5.75 Å². The molecule has 1 saturated heterocycles. The number of nitrogens with zero attached hydrogens (tertiary/aromatic N) is 3. The molecule has 2 N–H and O–H groups in total. The maximum absolute atomic E-state index is 12.1. The van der Waals surface area contributed by atoms with Gasteiger partial charge in [-0.2, -0.15) is 0 Å². The molecule has 1 aromatic heterocycles. The van der Waals surface area contributed by atoms with Crippen molar-refractivity contribution in [1.29, 1.82) is 0 Å². The molecule has 0 saturated carbocycles. The zero-order chi connectivity index (χ0) is 22.5. The van der Waals surface area contributed by atoms with E-state index in [4.69, 9.17) is 4.74 Å². The van der Waals surface area contributed by atoms with Crippen molar-refractivity contribution in [3.05, 3.63) is 59.9 Å². The van der Waals surface area contributed by atoms with Crippen molar-refractivity contribution in [2.45, 2.75) is 12.8 Å². The molecule has 166 valence electrons. The summed E-state index contributed by atoms with van der Waals surface area (Å²) in [7, 11) is 2.14. The molecule has 3 aromatic rings. The van der Waals surface area contributed by atoms with Gasteiger partial charge in [-0.3, -0.25) is 4.79 Å². The first-order valence-electron chi connectivity index (χ1n) is 10.6. The number of fused-ring (bicyclic) bond motifs is 1. The van der Waals surface area contributed by atoms with Gasteiger partial charge in [0.05, 0.1) is 17.8 Å². The second kappa shape index (κ2) is 10.1. The second-order valence-electron chi connectivity index (χ2n) is 7.97. The van der Waals surface area contributed by atoms with Crippen LogP contribution in [0.3, 0.4) is 0 Å². The van der Waals surface area contributed by atoms with Crippen LogP contribution in [0.5, 0.6) is 5.75 Å². The van der Waals surface area contributed by atoms with E-state index in [0.29, 0.717) is 29.8 Å². The number of halogens is 1. The lowest BCUT2D eigenvalue weighted by atomic mass is 9.98. The molecular formula is C24H26BrN5O2. The Morgan fingerprint density at radius 2 is 2.09 bits per heavy atom. The van der Waals surface area contributed by atoms with Crippen LogP contribution >= 0.6 is 15.9 Å². The molecule has 2 heterocycles. The van der Waals surface area contributed by atoms with Crippen LogP contribution < -0.4 is 15.4 Å². The molecule has 4 rings (SSSR count). The minimum atomic E-state index is -0.299. The number of ether oxygens (including phenoxy) is 1. The summed E-state index contributed by atoms with van der Waals surface area (Å²) >= 11 is 3.49. The van der Waals surface area contributed by atoms with Crippen molar-refractivity contribution in [2.24, 2.45) is 5.92 Å². The monoisotopic (exact) mass is 495 g/mol. The number of aromatic nitrogens is 2. The molecule has 0 atom stereocenters. The number of rotatable bonds is 7. The summed E-state index contributed by atoms with van der Waals surface area (Å²) in [5.74, 6) is 1.43. The highest BCUT2D eigenvalue weighted by atomic mass is 79.9. The number of carbonyl (C=O) groups is 1. The first-order chi connectivity index (χ1) is 15.5. The summed E-state index contributed by atoms with van der Waals surface area (Å²) in [6.07, 6.45) is 4.96. The Hall–Kier alpha value is -2.97. The van der Waals surface area contributed by atoms with Crippen LogP contribution in [0, 0.1) is 5.92 Å². The van der Waals surface area contributed by atoms with Gasteiger partial charge >= 0.3 is 0 Å². The number of piperidine rings is 1. The average Bonchev–Trinajstić information content (AvgIpc) is 2.79. The highest BCUT2D eigenvalue weighted by Crippen LogP contribution is 2.34. The zero-order valence-corrected chi connectivity index (χ0v) is 19.6. The summed E-state index contributed by atoms with van der Waals surface area (Å²) in [5.41, 5.74) is 2.19. The van der Waals surface area contributed by atoms with Gasteiger partial charge in [-0.1, -0.05) is 28.6 Å². The summed E-state index contributed by atoms with van der Waals surface area (Å²) < 4.78 is 7.15. The fraction of sp³-hybridized carbons (Fsp3) is 0.292. The molecule has 7 nitrogen and oxygen atoms in total. The minimum absolute atomic E-state index is 0.299. The van der Waals surface area contributed by atoms with E-state index in [1.165, 1.54) is 12.4 Å². The molecule has 0 unspecified atom stereocenters. The lowest BCUT2D eigenvalue weighted by molar-refractivity contribution is -0.111. The zero-order valence-electron chi connectivity index (χ0n) is 18.0. The summed E-state index contributed by atoms with van der Waals surface area (Å²) in [6.45, 7) is 6.31. The number of carbonyl (C=O) groups excluding carboxylic acids is 1. The third-order valence-electron chi connectivity index (χ3n) is 5.58. The van der Waals surface area contributed by atoms with E-state index in [-0.39, 0.29) is 5.91 Å². The van der Waals surface area contributed by atoms with Crippen LogP contribution in [0.2, 0.25) is 0 Å². The van der Waals surface area contributed by atoms with Crippen LogP contribution in [0.4, 0.5) is 17.2 Å². The van der Waals surface area contributed by atoms with Gasteiger partial charge in [0.1, 0.15) is 17.9 Å². The Balaban J connectivity index is 1.64. The summed E-state index contributed by atoms with van der Waals surface area (Å²) in [4.78, 5) is 23.3. The van der Waals surface area contributed by atoms with Gasteiger partial charge in [0.15, 0.2) is 0 Å². The number of hydrogen-bond donors (Lipinski definition) is 2. The minimum Gasteiger partial charge on any atom is -0.491 e. The van der Waals surface area contributed by atoms with Crippen LogP contribution in [0.1, 0.15) is 12.8 Å². The molecule has 1 amide bonds. The molecule has 1 aliphatic rings. The van der Waals surface area contributed by atoms with Crippen molar-refractivity contribution < 1.29 is 9.53 Å². The second-order valence-corrected chi connectivity index (χ2v) is 8.89. The van der Waals surface area contributed by atoms with E-state index in [9.17, 15) is 4.79 Å². The number of likely N-dealkylation sites (tertiary alicyclic amines) is 1. The molecule has 1 fully saturated rings. The Morgan fingerprint density at radius 3 is 2.84 bits per heavy atom.